The molecule has 3 amide bonds. The lowest BCUT2D eigenvalue weighted by Crippen LogP contribution is -2.51. The lowest BCUT2D eigenvalue weighted by Gasteiger charge is -2.22. The SMILES string of the molecule is CC(=O)N1CSC[C@H]1C(=O)NCC(=O)N[C@H]1CO[C@H]2[C@@H]1OC[C@@H]2O[N+](=O)[O-]. The third-order valence-corrected chi connectivity index (χ3v) is 5.60. The Morgan fingerprint density at radius 2 is 2.04 bits per heavy atom. The highest BCUT2D eigenvalue weighted by Gasteiger charge is 2.49. The van der Waals surface area contributed by atoms with Gasteiger partial charge in [0.25, 0.3) is 5.09 Å². The lowest BCUT2D eigenvalue weighted by molar-refractivity contribution is -0.769. The van der Waals surface area contributed by atoms with E-state index in [0.29, 0.717) is 11.6 Å². The molecule has 5 atom stereocenters. The lowest BCUT2D eigenvalue weighted by atomic mass is 10.1. The van der Waals surface area contributed by atoms with Crippen molar-refractivity contribution in [2.45, 2.75) is 37.3 Å². The molecule has 3 rings (SSSR count). The van der Waals surface area contributed by atoms with Crippen LogP contribution in [0, 0.1) is 10.1 Å². The fourth-order valence-electron chi connectivity index (χ4n) is 3.30. The largest absolute Gasteiger partial charge is 0.371 e. The molecule has 0 radical (unpaired) electrons. The van der Waals surface area contributed by atoms with Crippen molar-refractivity contribution in [1.82, 2.24) is 15.5 Å². The van der Waals surface area contributed by atoms with Crippen molar-refractivity contribution in [3.63, 3.8) is 0 Å². The van der Waals surface area contributed by atoms with E-state index >= 15 is 0 Å². The molecule has 0 unspecified atom stereocenters. The van der Waals surface area contributed by atoms with Crippen LogP contribution in [0.1, 0.15) is 6.92 Å². The normalized spacial score (nSPS) is 32.0. The fourth-order valence-corrected chi connectivity index (χ4v) is 4.52. The zero-order chi connectivity index (χ0) is 19.6. The van der Waals surface area contributed by atoms with Gasteiger partial charge in [0.2, 0.25) is 17.7 Å². The minimum atomic E-state index is -0.896. The van der Waals surface area contributed by atoms with Crippen LogP contribution >= 0.6 is 11.8 Å². The molecule has 0 aliphatic carbocycles. The maximum absolute atomic E-state index is 12.2. The van der Waals surface area contributed by atoms with Gasteiger partial charge in [0.05, 0.1) is 31.7 Å². The molecule has 12 nitrogen and oxygen atoms in total. The minimum absolute atomic E-state index is 0.000350. The monoisotopic (exact) mass is 404 g/mol. The number of ether oxygens (including phenoxy) is 2. The van der Waals surface area contributed by atoms with Crippen LogP contribution in [0.3, 0.4) is 0 Å². The van der Waals surface area contributed by atoms with Crippen LogP contribution < -0.4 is 10.6 Å². The smallest absolute Gasteiger partial charge is 0.294 e. The average molecular weight is 404 g/mol. The Bertz CT molecular complexity index is 634. The number of fused-ring (bicyclic) bond motifs is 1. The van der Waals surface area contributed by atoms with Crippen molar-refractivity contribution >= 4 is 29.5 Å². The Kier molecular flexibility index (Phi) is 6.01. The van der Waals surface area contributed by atoms with E-state index in [2.05, 4.69) is 15.5 Å². The van der Waals surface area contributed by atoms with Crippen molar-refractivity contribution in [2.75, 3.05) is 31.4 Å². The summed E-state index contributed by atoms with van der Waals surface area (Å²) in [7, 11) is 0. The summed E-state index contributed by atoms with van der Waals surface area (Å²) in [5, 5.41) is 14.8. The molecular formula is C14H20N4O8S. The van der Waals surface area contributed by atoms with Crippen molar-refractivity contribution < 1.29 is 33.8 Å². The quantitative estimate of drug-likeness (QED) is 0.374. The summed E-state index contributed by atoms with van der Waals surface area (Å²) in [5.41, 5.74) is 0. The van der Waals surface area contributed by atoms with Gasteiger partial charge in [0, 0.05) is 12.7 Å². The molecule has 27 heavy (non-hydrogen) atoms. The number of hydrogen-bond donors (Lipinski definition) is 2. The summed E-state index contributed by atoms with van der Waals surface area (Å²) in [6.45, 7) is 1.27. The molecule has 0 aromatic heterocycles. The minimum Gasteiger partial charge on any atom is -0.371 e. The molecule has 3 heterocycles. The summed E-state index contributed by atoms with van der Waals surface area (Å²) in [5.74, 6) is -0.0860. The number of carbonyl (C=O) groups excluding carboxylic acids is 3. The standard InChI is InChI=1S/C14H20N4O8S/c1-7(19)17-6-27-5-9(17)14(21)15-2-11(20)16-8-3-24-13-10(26-18(22)23)4-25-12(8)13/h8-10,12-13H,2-6H2,1H3,(H,15,21)(H,16,20)/t8-,9-,10-,12+,13+/m0/s1. The van der Waals surface area contributed by atoms with Crippen LogP contribution in [-0.2, 0) is 28.7 Å². The van der Waals surface area contributed by atoms with Crippen LogP contribution in [0.4, 0.5) is 0 Å². The summed E-state index contributed by atoms with van der Waals surface area (Å²) >= 11 is 1.47. The zero-order valence-corrected chi connectivity index (χ0v) is 15.3. The zero-order valence-electron chi connectivity index (χ0n) is 14.5. The van der Waals surface area contributed by atoms with E-state index in [-0.39, 0.29) is 31.6 Å². The summed E-state index contributed by atoms with van der Waals surface area (Å²) < 4.78 is 10.9. The Hall–Kier alpha value is -2.12. The van der Waals surface area contributed by atoms with Gasteiger partial charge in [-0.05, 0) is 0 Å². The van der Waals surface area contributed by atoms with E-state index < -0.39 is 41.4 Å². The molecule has 2 N–H and O–H groups in total. The molecule has 0 aromatic rings. The second-order valence-electron chi connectivity index (χ2n) is 6.36. The van der Waals surface area contributed by atoms with Crippen molar-refractivity contribution in [3.05, 3.63) is 10.1 Å². The average Bonchev–Trinajstić information content (AvgIpc) is 3.31. The molecule has 0 saturated carbocycles. The Balaban J connectivity index is 1.44. The van der Waals surface area contributed by atoms with Gasteiger partial charge in [-0.3, -0.25) is 14.4 Å². The van der Waals surface area contributed by atoms with E-state index in [1.165, 1.54) is 23.6 Å². The summed E-state index contributed by atoms with van der Waals surface area (Å²) in [6.07, 6.45) is -2.01. The molecule has 0 bridgehead atoms. The van der Waals surface area contributed by atoms with Gasteiger partial charge in [-0.15, -0.1) is 21.9 Å². The number of thioether (sulfide) groups is 1. The predicted octanol–water partition coefficient (Wildman–Crippen LogP) is -2.12. The van der Waals surface area contributed by atoms with E-state index in [1.807, 2.05) is 0 Å². The van der Waals surface area contributed by atoms with E-state index in [0.717, 1.165) is 0 Å². The highest BCUT2D eigenvalue weighted by atomic mass is 32.2. The van der Waals surface area contributed by atoms with Crippen LogP contribution in [0.15, 0.2) is 0 Å². The van der Waals surface area contributed by atoms with Crippen molar-refractivity contribution in [2.24, 2.45) is 0 Å². The number of hydrogen-bond acceptors (Lipinski definition) is 9. The van der Waals surface area contributed by atoms with Gasteiger partial charge in [0.1, 0.15) is 18.2 Å². The molecule has 3 aliphatic rings. The highest BCUT2D eigenvalue weighted by Crippen LogP contribution is 2.28. The van der Waals surface area contributed by atoms with Crippen LogP contribution in [0.5, 0.6) is 0 Å². The maximum atomic E-state index is 12.2. The van der Waals surface area contributed by atoms with Gasteiger partial charge in [-0.1, -0.05) is 0 Å². The number of nitrogens with one attached hydrogen (secondary N) is 2. The molecule has 0 aromatic carbocycles. The molecule has 3 fully saturated rings. The Morgan fingerprint density at radius 3 is 2.74 bits per heavy atom. The highest BCUT2D eigenvalue weighted by molar-refractivity contribution is 7.99. The third-order valence-electron chi connectivity index (χ3n) is 4.59. The van der Waals surface area contributed by atoms with Crippen LogP contribution in [-0.4, -0.2) is 89.5 Å². The predicted molar refractivity (Wildman–Crippen MR) is 89.9 cm³/mol. The molecule has 0 spiro atoms. The summed E-state index contributed by atoms with van der Waals surface area (Å²) in [4.78, 5) is 52.3. The fraction of sp³-hybridized carbons (Fsp3) is 0.786. The van der Waals surface area contributed by atoms with Gasteiger partial charge < -0.3 is 29.8 Å². The molecule has 3 saturated heterocycles. The first-order valence-corrected chi connectivity index (χ1v) is 9.48. The molecular weight excluding hydrogens is 384 g/mol. The number of amides is 3. The van der Waals surface area contributed by atoms with E-state index in [9.17, 15) is 24.5 Å². The van der Waals surface area contributed by atoms with Crippen molar-refractivity contribution in [3.8, 4) is 0 Å². The molecule has 3 aliphatic heterocycles. The molecule has 13 heteroatoms. The second kappa shape index (κ2) is 8.27. The van der Waals surface area contributed by atoms with E-state index in [1.54, 1.807) is 0 Å². The Morgan fingerprint density at radius 1 is 1.30 bits per heavy atom. The Labute approximate surface area is 158 Å². The van der Waals surface area contributed by atoms with Gasteiger partial charge in [0.15, 0.2) is 6.10 Å². The second-order valence-corrected chi connectivity index (χ2v) is 7.36. The van der Waals surface area contributed by atoms with Crippen molar-refractivity contribution in [1.29, 1.82) is 0 Å². The first kappa shape index (κ1) is 19.6. The first-order chi connectivity index (χ1) is 12.9. The first-order valence-electron chi connectivity index (χ1n) is 8.33. The van der Waals surface area contributed by atoms with Gasteiger partial charge >= 0.3 is 0 Å². The molecule has 150 valence electrons. The van der Waals surface area contributed by atoms with Crippen LogP contribution in [0.2, 0.25) is 0 Å². The maximum Gasteiger partial charge on any atom is 0.294 e. The topological polar surface area (TPSA) is 149 Å². The van der Waals surface area contributed by atoms with E-state index in [4.69, 9.17) is 9.47 Å². The van der Waals surface area contributed by atoms with Gasteiger partial charge in [-0.25, -0.2) is 0 Å². The van der Waals surface area contributed by atoms with Gasteiger partial charge in [-0.2, -0.15) is 0 Å². The third kappa shape index (κ3) is 4.42. The summed E-state index contributed by atoms with van der Waals surface area (Å²) in [6, 6.07) is -1.08. The number of carbonyl (C=O) groups is 3. The number of nitrogens with zero attached hydrogens (tertiary/aromatic N) is 2. The number of rotatable bonds is 6. The van der Waals surface area contributed by atoms with Crippen LogP contribution in [0.25, 0.3) is 0 Å².